The molecule has 0 saturated heterocycles. The largest absolute Gasteiger partial charge is 0.491 e. The fraction of sp³-hybridized carbons (Fsp3) is 0.417. The summed E-state index contributed by atoms with van der Waals surface area (Å²) in [6.45, 7) is 7.80. The molecular weight excluding hydrogens is 380 g/mol. The predicted molar refractivity (Wildman–Crippen MR) is 116 cm³/mol. The second-order valence-corrected chi connectivity index (χ2v) is 7.95. The third kappa shape index (κ3) is 5.19. The molecule has 6 nitrogen and oxygen atoms in total. The lowest BCUT2D eigenvalue weighted by molar-refractivity contribution is -0.135. The second-order valence-electron chi connectivity index (χ2n) is 7.95. The fourth-order valence-corrected chi connectivity index (χ4v) is 3.49. The van der Waals surface area contributed by atoms with Crippen LogP contribution in [-0.2, 0) is 27.4 Å². The van der Waals surface area contributed by atoms with Crippen molar-refractivity contribution in [2.75, 3.05) is 31.8 Å². The average Bonchev–Trinajstić information content (AvgIpc) is 2.94. The standard InChI is InChI=1S/C24H30N2O4/c1-17(2)24(28)26(21-8-5-18(3)6-9-21)14-19-7-10-22-20(13-19)15-25(11-12-30-22)23(27)16-29-4/h5-10,13,17H,11-12,14-16H2,1-4H3. The van der Waals surface area contributed by atoms with Crippen LogP contribution in [0, 0.1) is 12.8 Å². The summed E-state index contributed by atoms with van der Waals surface area (Å²) in [5, 5.41) is 0. The van der Waals surface area contributed by atoms with E-state index in [-0.39, 0.29) is 24.3 Å². The van der Waals surface area contributed by atoms with Crippen molar-refractivity contribution in [2.24, 2.45) is 5.92 Å². The molecule has 6 heteroatoms. The number of hydrogen-bond acceptors (Lipinski definition) is 4. The molecule has 1 aliphatic heterocycles. The molecule has 0 bridgehead atoms. The maximum atomic E-state index is 12.9. The van der Waals surface area contributed by atoms with Crippen LogP contribution in [0.3, 0.4) is 0 Å². The Morgan fingerprint density at radius 2 is 1.90 bits per heavy atom. The highest BCUT2D eigenvalue weighted by Gasteiger charge is 2.22. The van der Waals surface area contributed by atoms with Crippen LogP contribution in [0.1, 0.15) is 30.5 Å². The van der Waals surface area contributed by atoms with Crippen molar-refractivity contribution in [1.82, 2.24) is 4.90 Å². The highest BCUT2D eigenvalue weighted by molar-refractivity contribution is 5.94. The van der Waals surface area contributed by atoms with Crippen molar-refractivity contribution in [3.8, 4) is 5.75 Å². The maximum absolute atomic E-state index is 12.9. The Morgan fingerprint density at radius 1 is 1.17 bits per heavy atom. The highest BCUT2D eigenvalue weighted by atomic mass is 16.5. The second kappa shape index (κ2) is 9.76. The molecule has 1 heterocycles. The Bertz CT molecular complexity index is 893. The van der Waals surface area contributed by atoms with E-state index < -0.39 is 0 Å². The Hall–Kier alpha value is -2.86. The van der Waals surface area contributed by atoms with Gasteiger partial charge in [-0.15, -0.1) is 0 Å². The first-order valence-corrected chi connectivity index (χ1v) is 10.3. The maximum Gasteiger partial charge on any atom is 0.248 e. The van der Waals surface area contributed by atoms with Crippen LogP contribution >= 0.6 is 0 Å². The minimum Gasteiger partial charge on any atom is -0.491 e. The van der Waals surface area contributed by atoms with Crippen molar-refractivity contribution in [3.63, 3.8) is 0 Å². The van der Waals surface area contributed by atoms with E-state index in [2.05, 4.69) is 0 Å². The summed E-state index contributed by atoms with van der Waals surface area (Å²) in [6.07, 6.45) is 0. The number of carbonyl (C=O) groups is 2. The van der Waals surface area contributed by atoms with Crippen LogP contribution < -0.4 is 9.64 Å². The molecule has 0 aliphatic carbocycles. The first-order valence-electron chi connectivity index (χ1n) is 10.3. The van der Waals surface area contributed by atoms with Crippen molar-refractivity contribution in [2.45, 2.75) is 33.9 Å². The van der Waals surface area contributed by atoms with Gasteiger partial charge in [-0.2, -0.15) is 0 Å². The average molecular weight is 411 g/mol. The van der Waals surface area contributed by atoms with Crippen molar-refractivity contribution < 1.29 is 19.1 Å². The topological polar surface area (TPSA) is 59.1 Å². The molecule has 0 unspecified atom stereocenters. The third-order valence-electron chi connectivity index (χ3n) is 5.17. The number of benzene rings is 2. The fourth-order valence-electron chi connectivity index (χ4n) is 3.49. The Morgan fingerprint density at radius 3 is 2.57 bits per heavy atom. The number of fused-ring (bicyclic) bond motifs is 1. The molecule has 0 atom stereocenters. The summed E-state index contributed by atoms with van der Waals surface area (Å²) in [4.78, 5) is 28.8. The van der Waals surface area contributed by atoms with Crippen LogP contribution in [0.2, 0.25) is 0 Å². The first-order chi connectivity index (χ1) is 14.4. The zero-order chi connectivity index (χ0) is 21.7. The molecule has 0 spiro atoms. The molecule has 0 aromatic heterocycles. The number of carbonyl (C=O) groups excluding carboxylic acids is 2. The number of nitrogens with zero attached hydrogens (tertiary/aromatic N) is 2. The Balaban J connectivity index is 1.86. The lowest BCUT2D eigenvalue weighted by Gasteiger charge is -2.25. The SMILES string of the molecule is COCC(=O)N1CCOc2ccc(CN(C(=O)C(C)C)c3ccc(C)cc3)cc2C1. The van der Waals surface area contributed by atoms with E-state index in [0.717, 1.165) is 28.1 Å². The molecule has 2 aromatic rings. The minimum absolute atomic E-state index is 0.0547. The monoisotopic (exact) mass is 410 g/mol. The van der Waals surface area contributed by atoms with Crippen molar-refractivity contribution in [1.29, 1.82) is 0 Å². The minimum atomic E-state index is -0.113. The summed E-state index contributed by atoms with van der Waals surface area (Å²) in [5.74, 6) is 0.679. The van der Waals surface area contributed by atoms with E-state index >= 15 is 0 Å². The van der Waals surface area contributed by atoms with E-state index in [1.165, 1.54) is 7.11 Å². The lowest BCUT2D eigenvalue weighted by Crippen LogP contribution is -2.35. The van der Waals surface area contributed by atoms with Crippen LogP contribution in [0.25, 0.3) is 0 Å². The van der Waals surface area contributed by atoms with Gasteiger partial charge in [-0.3, -0.25) is 9.59 Å². The molecule has 0 fully saturated rings. The van der Waals surface area contributed by atoms with E-state index in [4.69, 9.17) is 9.47 Å². The summed E-state index contributed by atoms with van der Waals surface area (Å²) in [7, 11) is 1.52. The quantitative estimate of drug-likeness (QED) is 0.731. The smallest absolute Gasteiger partial charge is 0.248 e. The predicted octanol–water partition coefficient (Wildman–Crippen LogP) is 3.55. The molecule has 2 amide bonds. The van der Waals surface area contributed by atoms with E-state index in [1.54, 1.807) is 4.90 Å². The van der Waals surface area contributed by atoms with Crippen molar-refractivity contribution in [3.05, 3.63) is 59.2 Å². The van der Waals surface area contributed by atoms with Gasteiger partial charge >= 0.3 is 0 Å². The first kappa shape index (κ1) is 21.8. The summed E-state index contributed by atoms with van der Waals surface area (Å²) in [5.41, 5.74) is 3.96. The van der Waals surface area contributed by atoms with Gasteiger partial charge in [0.05, 0.1) is 13.1 Å². The molecule has 0 N–H and O–H groups in total. The zero-order valence-electron chi connectivity index (χ0n) is 18.2. The van der Waals surface area contributed by atoms with Crippen LogP contribution in [0.4, 0.5) is 5.69 Å². The number of amides is 2. The Kier molecular flexibility index (Phi) is 7.11. The van der Waals surface area contributed by atoms with E-state index in [0.29, 0.717) is 26.2 Å². The third-order valence-corrected chi connectivity index (χ3v) is 5.17. The number of aryl methyl sites for hydroxylation is 1. The molecule has 1 aliphatic rings. The van der Waals surface area contributed by atoms with Gasteiger partial charge in [0, 0.05) is 30.8 Å². The van der Waals surface area contributed by atoms with E-state index in [9.17, 15) is 9.59 Å². The Labute approximate surface area is 178 Å². The van der Waals surface area contributed by atoms with Gasteiger partial charge in [-0.25, -0.2) is 0 Å². The molecule has 0 radical (unpaired) electrons. The van der Waals surface area contributed by atoms with Gasteiger partial charge < -0.3 is 19.3 Å². The number of ether oxygens (including phenoxy) is 2. The highest BCUT2D eigenvalue weighted by Crippen LogP contribution is 2.27. The van der Waals surface area contributed by atoms with Crippen molar-refractivity contribution >= 4 is 17.5 Å². The summed E-state index contributed by atoms with van der Waals surface area (Å²) < 4.78 is 10.8. The molecule has 160 valence electrons. The lowest BCUT2D eigenvalue weighted by atomic mass is 10.1. The van der Waals surface area contributed by atoms with Gasteiger partial charge in [-0.1, -0.05) is 37.6 Å². The van der Waals surface area contributed by atoms with Gasteiger partial charge in [-0.05, 0) is 36.8 Å². The van der Waals surface area contributed by atoms with Crippen LogP contribution in [0.15, 0.2) is 42.5 Å². The molecular formula is C24H30N2O4. The van der Waals surface area contributed by atoms with Crippen LogP contribution in [-0.4, -0.2) is 43.6 Å². The van der Waals surface area contributed by atoms with Gasteiger partial charge in [0.15, 0.2) is 0 Å². The molecule has 3 rings (SSSR count). The molecule has 30 heavy (non-hydrogen) atoms. The summed E-state index contributed by atoms with van der Waals surface area (Å²) >= 11 is 0. The molecule has 0 saturated carbocycles. The van der Waals surface area contributed by atoms with Gasteiger partial charge in [0.25, 0.3) is 0 Å². The number of rotatable bonds is 6. The van der Waals surface area contributed by atoms with E-state index in [1.807, 2.05) is 68.1 Å². The summed E-state index contributed by atoms with van der Waals surface area (Å²) in [6, 6.07) is 13.9. The number of hydrogen-bond donors (Lipinski definition) is 0. The molecule has 2 aromatic carbocycles. The van der Waals surface area contributed by atoms with Gasteiger partial charge in [0.1, 0.15) is 19.0 Å². The normalized spacial score (nSPS) is 13.4. The van der Waals surface area contributed by atoms with Gasteiger partial charge in [0.2, 0.25) is 11.8 Å². The van der Waals surface area contributed by atoms with Crippen LogP contribution in [0.5, 0.6) is 5.75 Å². The number of anilines is 1. The zero-order valence-corrected chi connectivity index (χ0v) is 18.2. The number of methoxy groups -OCH3 is 1.